The number of carbonyl (C=O) groups is 1. The molecule has 0 saturated heterocycles. The van der Waals surface area contributed by atoms with Crippen molar-refractivity contribution < 1.29 is 4.79 Å². The van der Waals surface area contributed by atoms with Crippen molar-refractivity contribution in [3.05, 3.63) is 48.0 Å². The van der Waals surface area contributed by atoms with Gasteiger partial charge in [0, 0.05) is 5.25 Å². The SMILES string of the molecule is CSC(/C=C/C=O)CCc1ccccc1. The van der Waals surface area contributed by atoms with Gasteiger partial charge in [0.25, 0.3) is 0 Å². The molecular formula is C13H16OS. The van der Waals surface area contributed by atoms with Gasteiger partial charge in [-0.15, -0.1) is 0 Å². The smallest absolute Gasteiger partial charge is 0.142 e. The summed E-state index contributed by atoms with van der Waals surface area (Å²) >= 11 is 1.78. The highest BCUT2D eigenvalue weighted by Gasteiger charge is 2.02. The van der Waals surface area contributed by atoms with E-state index in [0.717, 1.165) is 19.1 Å². The number of aldehydes is 1. The molecule has 1 nitrogen and oxygen atoms in total. The zero-order chi connectivity index (χ0) is 10.9. The zero-order valence-electron chi connectivity index (χ0n) is 8.93. The lowest BCUT2D eigenvalue weighted by Crippen LogP contribution is -2.00. The summed E-state index contributed by atoms with van der Waals surface area (Å²) in [5, 5.41) is 0.440. The first-order chi connectivity index (χ1) is 7.36. The number of rotatable bonds is 6. The maximum absolute atomic E-state index is 10.2. The Bertz CT molecular complexity index is 306. The molecule has 80 valence electrons. The maximum Gasteiger partial charge on any atom is 0.142 e. The lowest BCUT2D eigenvalue weighted by Gasteiger charge is -2.08. The molecule has 0 saturated carbocycles. The fraction of sp³-hybridized carbons (Fsp3) is 0.308. The molecular weight excluding hydrogens is 204 g/mol. The third-order valence-electron chi connectivity index (χ3n) is 2.27. The Morgan fingerprint density at radius 2 is 2.07 bits per heavy atom. The van der Waals surface area contributed by atoms with E-state index in [1.54, 1.807) is 17.8 Å². The van der Waals surface area contributed by atoms with E-state index in [1.165, 1.54) is 5.56 Å². The normalized spacial score (nSPS) is 12.9. The molecule has 0 spiro atoms. The van der Waals surface area contributed by atoms with Crippen LogP contribution < -0.4 is 0 Å². The molecule has 0 radical (unpaired) electrons. The molecule has 0 aliphatic carbocycles. The number of carbonyl (C=O) groups excluding carboxylic acids is 1. The summed E-state index contributed by atoms with van der Waals surface area (Å²) < 4.78 is 0. The van der Waals surface area contributed by atoms with Crippen molar-refractivity contribution in [2.24, 2.45) is 0 Å². The third kappa shape index (κ3) is 4.84. The molecule has 0 aliphatic heterocycles. The van der Waals surface area contributed by atoms with Crippen molar-refractivity contribution in [3.8, 4) is 0 Å². The molecule has 1 atom stereocenters. The highest BCUT2D eigenvalue weighted by atomic mass is 32.2. The fourth-order valence-electron chi connectivity index (χ4n) is 1.42. The standard InChI is InChI=1S/C13H16OS/c1-15-13(8-5-11-14)10-9-12-6-3-2-4-7-12/h2-8,11,13H,9-10H2,1H3/b8-5+. The first-order valence-corrected chi connectivity index (χ1v) is 6.34. The lowest BCUT2D eigenvalue weighted by atomic mass is 10.1. The molecule has 0 heterocycles. The van der Waals surface area contributed by atoms with Crippen LogP contribution >= 0.6 is 11.8 Å². The van der Waals surface area contributed by atoms with Gasteiger partial charge in [0.2, 0.25) is 0 Å². The van der Waals surface area contributed by atoms with E-state index in [-0.39, 0.29) is 0 Å². The molecule has 1 aromatic rings. The molecule has 1 unspecified atom stereocenters. The van der Waals surface area contributed by atoms with Crippen molar-refractivity contribution in [3.63, 3.8) is 0 Å². The van der Waals surface area contributed by atoms with Gasteiger partial charge in [0.1, 0.15) is 6.29 Å². The zero-order valence-corrected chi connectivity index (χ0v) is 9.74. The lowest BCUT2D eigenvalue weighted by molar-refractivity contribution is -0.104. The van der Waals surface area contributed by atoms with Crippen molar-refractivity contribution in [1.82, 2.24) is 0 Å². The predicted octanol–water partition coefficient (Wildman–Crippen LogP) is 3.11. The minimum atomic E-state index is 0.440. The van der Waals surface area contributed by atoms with Crippen molar-refractivity contribution in [2.45, 2.75) is 18.1 Å². The molecule has 2 heteroatoms. The molecule has 0 amide bonds. The monoisotopic (exact) mass is 220 g/mol. The number of thioether (sulfide) groups is 1. The second kappa shape index (κ2) is 7.30. The van der Waals surface area contributed by atoms with Crippen molar-refractivity contribution in [2.75, 3.05) is 6.26 Å². The van der Waals surface area contributed by atoms with Gasteiger partial charge in [0.05, 0.1) is 0 Å². The number of benzene rings is 1. The molecule has 0 N–H and O–H groups in total. The van der Waals surface area contributed by atoms with E-state index in [0.29, 0.717) is 5.25 Å². The summed E-state index contributed by atoms with van der Waals surface area (Å²) in [6.07, 6.45) is 8.62. The van der Waals surface area contributed by atoms with E-state index in [9.17, 15) is 4.79 Å². The van der Waals surface area contributed by atoms with Gasteiger partial charge in [-0.05, 0) is 30.7 Å². The Labute approximate surface area is 95.6 Å². The summed E-state index contributed by atoms with van der Waals surface area (Å²) in [4.78, 5) is 10.2. The summed E-state index contributed by atoms with van der Waals surface area (Å²) in [7, 11) is 0. The van der Waals surface area contributed by atoms with E-state index >= 15 is 0 Å². The average Bonchev–Trinajstić information content (AvgIpc) is 2.31. The highest BCUT2D eigenvalue weighted by Crippen LogP contribution is 2.15. The largest absolute Gasteiger partial charge is 0.299 e. The van der Waals surface area contributed by atoms with Crippen LogP contribution in [0.4, 0.5) is 0 Å². The van der Waals surface area contributed by atoms with Crippen LogP contribution in [-0.4, -0.2) is 17.8 Å². The molecule has 0 bridgehead atoms. The van der Waals surface area contributed by atoms with Gasteiger partial charge in [-0.1, -0.05) is 36.4 Å². The van der Waals surface area contributed by atoms with Crippen LogP contribution in [0, 0.1) is 0 Å². The number of hydrogen-bond acceptors (Lipinski definition) is 2. The quantitative estimate of drug-likeness (QED) is 0.541. The number of allylic oxidation sites excluding steroid dienone is 1. The topological polar surface area (TPSA) is 17.1 Å². The first-order valence-electron chi connectivity index (χ1n) is 5.05. The Morgan fingerprint density at radius 1 is 1.33 bits per heavy atom. The van der Waals surface area contributed by atoms with Gasteiger partial charge in [0.15, 0.2) is 0 Å². The van der Waals surface area contributed by atoms with Gasteiger partial charge in [-0.3, -0.25) is 4.79 Å². The van der Waals surface area contributed by atoms with Crippen LogP contribution in [0.2, 0.25) is 0 Å². The maximum atomic E-state index is 10.2. The van der Waals surface area contributed by atoms with Crippen LogP contribution in [0.25, 0.3) is 0 Å². The predicted molar refractivity (Wildman–Crippen MR) is 67.3 cm³/mol. The average molecular weight is 220 g/mol. The Morgan fingerprint density at radius 3 is 2.67 bits per heavy atom. The Balaban J connectivity index is 2.41. The molecule has 0 aromatic heterocycles. The summed E-state index contributed by atoms with van der Waals surface area (Å²) in [6.45, 7) is 0. The number of hydrogen-bond donors (Lipinski definition) is 0. The Hall–Kier alpha value is -1.02. The highest BCUT2D eigenvalue weighted by molar-refractivity contribution is 7.99. The minimum absolute atomic E-state index is 0.440. The summed E-state index contributed by atoms with van der Waals surface area (Å²) in [5.74, 6) is 0. The molecule has 15 heavy (non-hydrogen) atoms. The van der Waals surface area contributed by atoms with Crippen LogP contribution in [-0.2, 0) is 11.2 Å². The van der Waals surface area contributed by atoms with Crippen LogP contribution in [0.3, 0.4) is 0 Å². The van der Waals surface area contributed by atoms with E-state index in [1.807, 2.05) is 12.1 Å². The van der Waals surface area contributed by atoms with Crippen LogP contribution in [0.1, 0.15) is 12.0 Å². The van der Waals surface area contributed by atoms with Gasteiger partial charge in [-0.25, -0.2) is 0 Å². The van der Waals surface area contributed by atoms with Gasteiger partial charge in [-0.2, -0.15) is 11.8 Å². The molecule has 0 fully saturated rings. The first kappa shape index (κ1) is 12.1. The van der Waals surface area contributed by atoms with E-state index < -0.39 is 0 Å². The van der Waals surface area contributed by atoms with E-state index in [2.05, 4.69) is 30.5 Å². The Kier molecular flexibility index (Phi) is 5.86. The van der Waals surface area contributed by atoms with Crippen molar-refractivity contribution in [1.29, 1.82) is 0 Å². The van der Waals surface area contributed by atoms with Crippen LogP contribution in [0.5, 0.6) is 0 Å². The second-order valence-electron chi connectivity index (χ2n) is 3.32. The molecule has 1 rings (SSSR count). The van der Waals surface area contributed by atoms with Crippen molar-refractivity contribution >= 4 is 18.0 Å². The summed E-state index contributed by atoms with van der Waals surface area (Å²) in [6, 6.07) is 10.4. The van der Waals surface area contributed by atoms with Crippen LogP contribution in [0.15, 0.2) is 42.5 Å². The van der Waals surface area contributed by atoms with Gasteiger partial charge < -0.3 is 0 Å². The van der Waals surface area contributed by atoms with Gasteiger partial charge >= 0.3 is 0 Å². The fourth-order valence-corrected chi connectivity index (χ4v) is 2.02. The summed E-state index contributed by atoms with van der Waals surface area (Å²) in [5.41, 5.74) is 1.36. The van der Waals surface area contributed by atoms with E-state index in [4.69, 9.17) is 0 Å². The second-order valence-corrected chi connectivity index (χ2v) is 4.40. The molecule has 0 aliphatic rings. The minimum Gasteiger partial charge on any atom is -0.299 e. The third-order valence-corrected chi connectivity index (χ3v) is 3.27. The number of aryl methyl sites for hydroxylation is 1. The molecule has 1 aromatic carbocycles.